The zero-order valence-corrected chi connectivity index (χ0v) is 11.2. The standard InChI is InChI=1S/C14H21NO2/c1-9-6-11(3)12(7-10(9)2)8-15-14(4,5)13(16)17/h6-7,15H,8H2,1-5H3,(H,16,17). The number of aliphatic carboxylic acids is 1. The first-order valence-corrected chi connectivity index (χ1v) is 5.79. The van der Waals surface area contributed by atoms with Gasteiger partial charge in [-0.15, -0.1) is 0 Å². The molecule has 3 heteroatoms. The molecule has 0 fully saturated rings. The maximum Gasteiger partial charge on any atom is 0.323 e. The Balaban J connectivity index is 2.83. The molecule has 0 saturated heterocycles. The van der Waals surface area contributed by atoms with Gasteiger partial charge in [-0.25, -0.2) is 0 Å². The summed E-state index contributed by atoms with van der Waals surface area (Å²) in [5.74, 6) is -0.834. The fraction of sp³-hybridized carbons (Fsp3) is 0.500. The molecule has 1 aromatic rings. The largest absolute Gasteiger partial charge is 0.480 e. The van der Waals surface area contributed by atoms with E-state index in [0.29, 0.717) is 6.54 Å². The minimum Gasteiger partial charge on any atom is -0.480 e. The molecular formula is C14H21NO2. The summed E-state index contributed by atoms with van der Waals surface area (Å²) in [5.41, 5.74) is 3.96. The van der Waals surface area contributed by atoms with Crippen LogP contribution in [0.5, 0.6) is 0 Å². The summed E-state index contributed by atoms with van der Waals surface area (Å²) in [5, 5.41) is 12.1. The molecule has 0 aliphatic carbocycles. The van der Waals surface area contributed by atoms with Crippen molar-refractivity contribution in [3.05, 3.63) is 34.4 Å². The highest BCUT2D eigenvalue weighted by Crippen LogP contribution is 2.16. The average molecular weight is 235 g/mol. The first-order valence-electron chi connectivity index (χ1n) is 5.79. The van der Waals surface area contributed by atoms with Gasteiger partial charge in [0.1, 0.15) is 5.54 Å². The highest BCUT2D eigenvalue weighted by Gasteiger charge is 2.26. The van der Waals surface area contributed by atoms with E-state index in [0.717, 1.165) is 5.56 Å². The van der Waals surface area contributed by atoms with Crippen molar-refractivity contribution in [1.29, 1.82) is 0 Å². The second kappa shape index (κ2) is 4.88. The molecule has 17 heavy (non-hydrogen) atoms. The van der Waals surface area contributed by atoms with Crippen LogP contribution in [0.2, 0.25) is 0 Å². The van der Waals surface area contributed by atoms with Crippen molar-refractivity contribution >= 4 is 5.97 Å². The maximum atomic E-state index is 11.0. The van der Waals surface area contributed by atoms with E-state index in [9.17, 15) is 4.79 Å². The Morgan fingerprint density at radius 2 is 1.71 bits per heavy atom. The number of carboxylic acids is 1. The third kappa shape index (κ3) is 3.30. The van der Waals surface area contributed by atoms with Gasteiger partial charge in [0.15, 0.2) is 0 Å². The van der Waals surface area contributed by atoms with Gasteiger partial charge in [0, 0.05) is 6.54 Å². The van der Waals surface area contributed by atoms with Crippen LogP contribution in [-0.4, -0.2) is 16.6 Å². The van der Waals surface area contributed by atoms with E-state index in [1.54, 1.807) is 13.8 Å². The molecule has 1 aromatic carbocycles. The Labute approximate surface area is 103 Å². The van der Waals surface area contributed by atoms with Crippen LogP contribution >= 0.6 is 0 Å². The molecule has 0 saturated carbocycles. The zero-order chi connectivity index (χ0) is 13.2. The molecule has 0 atom stereocenters. The summed E-state index contributed by atoms with van der Waals surface area (Å²) >= 11 is 0. The van der Waals surface area contributed by atoms with Gasteiger partial charge in [0.25, 0.3) is 0 Å². The first-order chi connectivity index (χ1) is 7.74. The number of rotatable bonds is 4. The highest BCUT2D eigenvalue weighted by atomic mass is 16.4. The lowest BCUT2D eigenvalue weighted by Gasteiger charge is -2.22. The number of hydrogen-bond acceptors (Lipinski definition) is 2. The van der Waals surface area contributed by atoms with Gasteiger partial charge >= 0.3 is 5.97 Å². The minimum absolute atomic E-state index is 0.576. The van der Waals surface area contributed by atoms with Crippen LogP contribution in [0.1, 0.15) is 36.1 Å². The molecule has 0 heterocycles. The lowest BCUT2D eigenvalue weighted by atomic mass is 9.99. The second-order valence-electron chi connectivity index (χ2n) is 5.15. The van der Waals surface area contributed by atoms with Gasteiger partial charge in [-0.2, -0.15) is 0 Å². The molecule has 0 radical (unpaired) electrons. The van der Waals surface area contributed by atoms with Gasteiger partial charge in [-0.05, 0) is 56.9 Å². The number of aryl methyl sites for hydroxylation is 3. The van der Waals surface area contributed by atoms with Crippen LogP contribution in [0.15, 0.2) is 12.1 Å². The monoisotopic (exact) mass is 235 g/mol. The summed E-state index contributed by atoms with van der Waals surface area (Å²) in [6.45, 7) is 10.1. The van der Waals surface area contributed by atoms with E-state index in [4.69, 9.17) is 5.11 Å². The van der Waals surface area contributed by atoms with Crippen molar-refractivity contribution < 1.29 is 9.90 Å². The van der Waals surface area contributed by atoms with E-state index >= 15 is 0 Å². The average Bonchev–Trinajstić information content (AvgIpc) is 2.21. The Kier molecular flexibility index (Phi) is 3.94. The van der Waals surface area contributed by atoms with Gasteiger partial charge < -0.3 is 5.11 Å². The molecule has 2 N–H and O–H groups in total. The molecule has 1 rings (SSSR count). The van der Waals surface area contributed by atoms with Crippen LogP contribution in [0.3, 0.4) is 0 Å². The molecule has 0 aliphatic heterocycles. The second-order valence-corrected chi connectivity index (χ2v) is 5.15. The van der Waals surface area contributed by atoms with Crippen LogP contribution in [0, 0.1) is 20.8 Å². The lowest BCUT2D eigenvalue weighted by Crippen LogP contribution is -2.46. The maximum absolute atomic E-state index is 11.0. The van der Waals surface area contributed by atoms with Crippen molar-refractivity contribution in [2.24, 2.45) is 0 Å². The molecule has 0 spiro atoms. The smallest absolute Gasteiger partial charge is 0.323 e. The molecule has 3 nitrogen and oxygen atoms in total. The van der Waals surface area contributed by atoms with Gasteiger partial charge in [0.2, 0.25) is 0 Å². The van der Waals surface area contributed by atoms with Crippen LogP contribution in [0.25, 0.3) is 0 Å². The van der Waals surface area contributed by atoms with E-state index in [1.165, 1.54) is 16.7 Å². The third-order valence-corrected chi connectivity index (χ3v) is 3.21. The molecule has 0 unspecified atom stereocenters. The Morgan fingerprint density at radius 3 is 2.24 bits per heavy atom. The summed E-state index contributed by atoms with van der Waals surface area (Å²) < 4.78 is 0. The number of carboxylic acid groups (broad SMARTS) is 1. The van der Waals surface area contributed by atoms with Crippen molar-refractivity contribution in [1.82, 2.24) is 5.32 Å². The summed E-state index contributed by atoms with van der Waals surface area (Å²) in [6.07, 6.45) is 0. The number of hydrogen-bond donors (Lipinski definition) is 2. The summed E-state index contributed by atoms with van der Waals surface area (Å²) in [4.78, 5) is 11.0. The third-order valence-electron chi connectivity index (χ3n) is 3.21. The Morgan fingerprint density at radius 1 is 1.18 bits per heavy atom. The van der Waals surface area contributed by atoms with E-state index in [1.807, 2.05) is 0 Å². The fourth-order valence-corrected chi connectivity index (χ4v) is 1.60. The van der Waals surface area contributed by atoms with Gasteiger partial charge in [0.05, 0.1) is 0 Å². The van der Waals surface area contributed by atoms with Gasteiger partial charge in [-0.1, -0.05) is 12.1 Å². The van der Waals surface area contributed by atoms with Crippen molar-refractivity contribution in [2.75, 3.05) is 0 Å². The number of benzene rings is 1. The molecule has 94 valence electrons. The lowest BCUT2D eigenvalue weighted by molar-refractivity contribution is -0.143. The number of carbonyl (C=O) groups is 1. The zero-order valence-electron chi connectivity index (χ0n) is 11.2. The number of nitrogens with one attached hydrogen (secondary N) is 1. The van der Waals surface area contributed by atoms with Crippen LogP contribution < -0.4 is 5.32 Å². The Hall–Kier alpha value is -1.35. The van der Waals surface area contributed by atoms with Crippen molar-refractivity contribution in [2.45, 2.75) is 46.7 Å². The quantitative estimate of drug-likeness (QED) is 0.843. The molecule has 0 amide bonds. The normalized spacial score (nSPS) is 11.6. The fourth-order valence-electron chi connectivity index (χ4n) is 1.60. The van der Waals surface area contributed by atoms with Gasteiger partial charge in [-0.3, -0.25) is 10.1 Å². The molecule has 0 bridgehead atoms. The highest BCUT2D eigenvalue weighted by molar-refractivity contribution is 5.77. The van der Waals surface area contributed by atoms with E-state index in [-0.39, 0.29) is 0 Å². The topological polar surface area (TPSA) is 49.3 Å². The first kappa shape index (κ1) is 13.7. The van der Waals surface area contributed by atoms with E-state index in [2.05, 4.69) is 38.2 Å². The SMILES string of the molecule is Cc1cc(C)c(CNC(C)(C)C(=O)O)cc1C. The summed E-state index contributed by atoms with van der Waals surface area (Å²) in [7, 11) is 0. The molecular weight excluding hydrogens is 214 g/mol. The minimum atomic E-state index is -0.898. The summed E-state index contributed by atoms with van der Waals surface area (Å²) in [6, 6.07) is 4.26. The van der Waals surface area contributed by atoms with Crippen LogP contribution in [0.4, 0.5) is 0 Å². The molecule has 0 aliphatic rings. The predicted octanol–water partition coefficient (Wildman–Crippen LogP) is 2.56. The van der Waals surface area contributed by atoms with Crippen molar-refractivity contribution in [3.63, 3.8) is 0 Å². The van der Waals surface area contributed by atoms with Crippen LogP contribution in [-0.2, 0) is 11.3 Å². The molecule has 0 aromatic heterocycles. The Bertz CT molecular complexity index is 436. The predicted molar refractivity (Wildman–Crippen MR) is 69.2 cm³/mol. The van der Waals surface area contributed by atoms with E-state index < -0.39 is 11.5 Å². The van der Waals surface area contributed by atoms with Crippen molar-refractivity contribution in [3.8, 4) is 0 Å².